The molecular weight excluding hydrogens is 261 g/mol. The zero-order valence-electron chi connectivity index (χ0n) is 11.8. The molecule has 0 saturated carbocycles. The molecule has 1 aliphatic heterocycles. The van der Waals surface area contributed by atoms with Gasteiger partial charge in [0.25, 0.3) is 0 Å². The lowest BCUT2D eigenvalue weighted by atomic mass is 9.82. The van der Waals surface area contributed by atoms with Crippen molar-refractivity contribution >= 4 is 5.97 Å². The zero-order valence-corrected chi connectivity index (χ0v) is 11.8. The van der Waals surface area contributed by atoms with E-state index in [4.69, 9.17) is 4.74 Å². The van der Waals surface area contributed by atoms with Crippen molar-refractivity contribution in [3.63, 3.8) is 0 Å². The molecule has 2 rings (SSSR count). The molecular formula is C15H20FNO3. The molecule has 0 spiro atoms. The van der Waals surface area contributed by atoms with E-state index in [9.17, 15) is 14.3 Å². The highest BCUT2D eigenvalue weighted by Crippen LogP contribution is 2.31. The molecule has 110 valence electrons. The van der Waals surface area contributed by atoms with E-state index in [2.05, 4.69) is 0 Å². The molecule has 1 aromatic rings. The summed E-state index contributed by atoms with van der Waals surface area (Å²) < 4.78 is 18.0. The molecule has 3 atom stereocenters. The maximum Gasteiger partial charge on any atom is 0.312 e. The Labute approximate surface area is 118 Å². The average molecular weight is 281 g/mol. The van der Waals surface area contributed by atoms with Crippen LogP contribution in [0, 0.1) is 11.7 Å². The second kappa shape index (κ2) is 6.33. The van der Waals surface area contributed by atoms with E-state index >= 15 is 0 Å². The summed E-state index contributed by atoms with van der Waals surface area (Å²) in [6.07, 6.45) is -0.810. The molecule has 4 nitrogen and oxygen atoms in total. The van der Waals surface area contributed by atoms with Crippen LogP contribution >= 0.6 is 0 Å². The van der Waals surface area contributed by atoms with Gasteiger partial charge in [0.2, 0.25) is 0 Å². The van der Waals surface area contributed by atoms with E-state index in [0.717, 1.165) is 5.56 Å². The third-order valence-corrected chi connectivity index (χ3v) is 3.73. The molecule has 0 amide bonds. The molecule has 1 aromatic carbocycles. The van der Waals surface area contributed by atoms with Gasteiger partial charge in [-0.05, 0) is 31.7 Å². The van der Waals surface area contributed by atoms with Gasteiger partial charge in [0, 0.05) is 19.0 Å². The van der Waals surface area contributed by atoms with Crippen LogP contribution in [0.1, 0.15) is 18.4 Å². The minimum Gasteiger partial charge on any atom is -0.466 e. The zero-order chi connectivity index (χ0) is 14.7. The van der Waals surface area contributed by atoms with Crippen LogP contribution in [0.3, 0.4) is 0 Å². The Bertz CT molecular complexity index is 463. The monoisotopic (exact) mass is 281 g/mol. The number of likely N-dealkylation sites (tertiary alicyclic amines) is 1. The highest BCUT2D eigenvalue weighted by atomic mass is 19.1. The third-order valence-electron chi connectivity index (χ3n) is 3.73. The number of aliphatic hydroxyl groups excluding tert-OH is 1. The number of likely N-dealkylation sites (N-methyl/N-ethyl adjacent to an activating group) is 1. The number of piperidine rings is 1. The first-order chi connectivity index (χ1) is 9.52. The summed E-state index contributed by atoms with van der Waals surface area (Å²) in [5.74, 6) is -1.47. The molecule has 0 bridgehead atoms. The van der Waals surface area contributed by atoms with Gasteiger partial charge in [-0.1, -0.05) is 12.1 Å². The third kappa shape index (κ3) is 3.16. The van der Waals surface area contributed by atoms with Crippen LogP contribution in [-0.4, -0.2) is 48.8 Å². The molecule has 0 aromatic heterocycles. The number of esters is 1. The summed E-state index contributed by atoms with van der Waals surface area (Å²) in [6, 6.07) is 6.06. The Morgan fingerprint density at radius 3 is 2.65 bits per heavy atom. The van der Waals surface area contributed by atoms with Gasteiger partial charge in [-0.25, -0.2) is 4.39 Å². The van der Waals surface area contributed by atoms with Crippen LogP contribution < -0.4 is 0 Å². The van der Waals surface area contributed by atoms with Gasteiger partial charge in [0.05, 0.1) is 18.6 Å². The first-order valence-electron chi connectivity index (χ1n) is 6.81. The summed E-state index contributed by atoms with van der Waals surface area (Å²) in [5, 5.41) is 10.4. The van der Waals surface area contributed by atoms with Gasteiger partial charge >= 0.3 is 5.97 Å². The number of benzene rings is 1. The van der Waals surface area contributed by atoms with E-state index in [1.807, 2.05) is 11.9 Å². The molecule has 1 aliphatic rings. The average Bonchev–Trinajstić information content (AvgIpc) is 2.42. The Kier molecular flexibility index (Phi) is 4.73. The van der Waals surface area contributed by atoms with E-state index in [0.29, 0.717) is 19.7 Å². The van der Waals surface area contributed by atoms with Crippen molar-refractivity contribution in [3.05, 3.63) is 35.6 Å². The molecule has 20 heavy (non-hydrogen) atoms. The minimum atomic E-state index is -0.810. The predicted molar refractivity (Wildman–Crippen MR) is 72.8 cm³/mol. The normalized spacial score (nSPS) is 27.3. The summed E-state index contributed by atoms with van der Waals surface area (Å²) in [6.45, 7) is 3.14. The van der Waals surface area contributed by atoms with E-state index in [1.54, 1.807) is 19.1 Å². The maximum absolute atomic E-state index is 13.0. The van der Waals surface area contributed by atoms with E-state index in [1.165, 1.54) is 12.1 Å². The number of aliphatic hydroxyl groups is 1. The highest BCUT2D eigenvalue weighted by molar-refractivity contribution is 5.73. The lowest BCUT2D eigenvalue weighted by Crippen LogP contribution is -2.50. The fourth-order valence-corrected chi connectivity index (χ4v) is 2.72. The van der Waals surface area contributed by atoms with Crippen LogP contribution in [0.2, 0.25) is 0 Å². The number of nitrogens with zero attached hydrogens (tertiary/aromatic N) is 1. The van der Waals surface area contributed by atoms with Crippen molar-refractivity contribution < 1.29 is 19.0 Å². The molecule has 1 N–H and O–H groups in total. The van der Waals surface area contributed by atoms with Crippen molar-refractivity contribution in [1.82, 2.24) is 4.90 Å². The van der Waals surface area contributed by atoms with Gasteiger partial charge in [-0.2, -0.15) is 0 Å². The van der Waals surface area contributed by atoms with Gasteiger partial charge in [-0.3, -0.25) is 4.79 Å². The molecule has 0 aliphatic carbocycles. The Balaban J connectivity index is 2.20. The maximum atomic E-state index is 13.0. The number of rotatable bonds is 3. The van der Waals surface area contributed by atoms with Crippen LogP contribution in [-0.2, 0) is 9.53 Å². The standard InChI is InChI=1S/C15H20FNO3/c1-3-20-15(19)13-9-17(2)8-12(14(13)18)10-4-6-11(16)7-5-10/h4-7,12-14,18H,3,8-9H2,1-2H3. The van der Waals surface area contributed by atoms with Crippen molar-refractivity contribution in [3.8, 4) is 0 Å². The molecule has 3 unspecified atom stereocenters. The van der Waals surface area contributed by atoms with Crippen molar-refractivity contribution in [1.29, 1.82) is 0 Å². The number of hydrogen-bond acceptors (Lipinski definition) is 4. The summed E-state index contributed by atoms with van der Waals surface area (Å²) >= 11 is 0. The lowest BCUT2D eigenvalue weighted by Gasteiger charge is -2.38. The topological polar surface area (TPSA) is 49.8 Å². The number of halogens is 1. The number of hydrogen-bond donors (Lipinski definition) is 1. The largest absolute Gasteiger partial charge is 0.466 e. The number of carbonyl (C=O) groups excluding carboxylic acids is 1. The fraction of sp³-hybridized carbons (Fsp3) is 0.533. The lowest BCUT2D eigenvalue weighted by molar-refractivity contribution is -0.155. The Morgan fingerprint density at radius 2 is 2.05 bits per heavy atom. The van der Waals surface area contributed by atoms with E-state index in [-0.39, 0.29) is 17.7 Å². The Morgan fingerprint density at radius 1 is 1.40 bits per heavy atom. The van der Waals surface area contributed by atoms with Crippen molar-refractivity contribution in [2.45, 2.75) is 18.9 Å². The Hall–Kier alpha value is -1.46. The second-order valence-corrected chi connectivity index (χ2v) is 5.23. The fourth-order valence-electron chi connectivity index (χ4n) is 2.72. The predicted octanol–water partition coefficient (Wildman–Crippen LogP) is 1.39. The number of carbonyl (C=O) groups is 1. The first-order valence-corrected chi connectivity index (χ1v) is 6.81. The summed E-state index contributed by atoms with van der Waals surface area (Å²) in [7, 11) is 1.90. The van der Waals surface area contributed by atoms with E-state index < -0.39 is 12.0 Å². The van der Waals surface area contributed by atoms with Crippen LogP contribution in [0.15, 0.2) is 24.3 Å². The molecule has 1 saturated heterocycles. The van der Waals surface area contributed by atoms with Gasteiger partial charge < -0.3 is 14.7 Å². The van der Waals surface area contributed by atoms with Crippen LogP contribution in [0.5, 0.6) is 0 Å². The second-order valence-electron chi connectivity index (χ2n) is 5.23. The molecule has 1 fully saturated rings. The van der Waals surface area contributed by atoms with Gasteiger partial charge in [0.1, 0.15) is 5.82 Å². The smallest absolute Gasteiger partial charge is 0.312 e. The summed E-state index contributed by atoms with van der Waals surface area (Å²) in [5.41, 5.74) is 0.833. The molecule has 0 radical (unpaired) electrons. The van der Waals surface area contributed by atoms with Gasteiger partial charge in [0.15, 0.2) is 0 Å². The highest BCUT2D eigenvalue weighted by Gasteiger charge is 2.40. The van der Waals surface area contributed by atoms with Crippen molar-refractivity contribution in [2.24, 2.45) is 5.92 Å². The van der Waals surface area contributed by atoms with Crippen molar-refractivity contribution in [2.75, 3.05) is 26.7 Å². The SMILES string of the molecule is CCOC(=O)C1CN(C)CC(c2ccc(F)cc2)C1O. The number of ether oxygens (including phenoxy) is 1. The molecule has 1 heterocycles. The first kappa shape index (κ1) is 14.9. The molecule has 5 heteroatoms. The van der Waals surface area contributed by atoms with Crippen LogP contribution in [0.4, 0.5) is 4.39 Å². The minimum absolute atomic E-state index is 0.219. The summed E-state index contributed by atoms with van der Waals surface area (Å²) in [4.78, 5) is 13.9. The van der Waals surface area contributed by atoms with Crippen LogP contribution in [0.25, 0.3) is 0 Å². The quantitative estimate of drug-likeness (QED) is 0.851. The van der Waals surface area contributed by atoms with Gasteiger partial charge in [-0.15, -0.1) is 0 Å².